The lowest BCUT2D eigenvalue weighted by Gasteiger charge is -2.13. The normalized spacial score (nSPS) is 13.0. The molecule has 1 unspecified atom stereocenters. The van der Waals surface area contributed by atoms with E-state index in [0.29, 0.717) is 30.4 Å². The fourth-order valence-electron chi connectivity index (χ4n) is 2.67. The highest BCUT2D eigenvalue weighted by atomic mass is 16.5. The molecule has 3 aromatic rings. The van der Waals surface area contributed by atoms with Crippen LogP contribution in [0.3, 0.4) is 0 Å². The standard InChI is InChI=1S/C16H20N4O3/c1-2-23-9-13-19-14-15(20(13)7-10(22)8-21)11-5-3-4-6-12(11)18-16(14)17/h3-6,10,21-22H,2,7-9H2,1H3,(H2,17,18). The van der Waals surface area contributed by atoms with Crippen LogP contribution >= 0.6 is 0 Å². The fraction of sp³-hybridized carbons (Fsp3) is 0.375. The summed E-state index contributed by atoms with van der Waals surface area (Å²) in [4.78, 5) is 8.93. The van der Waals surface area contributed by atoms with Crippen molar-refractivity contribution in [2.45, 2.75) is 26.2 Å². The molecule has 0 radical (unpaired) electrons. The van der Waals surface area contributed by atoms with Gasteiger partial charge in [0.05, 0.1) is 30.3 Å². The minimum absolute atomic E-state index is 0.211. The summed E-state index contributed by atoms with van der Waals surface area (Å²) in [7, 11) is 0. The van der Waals surface area contributed by atoms with Gasteiger partial charge in [-0.3, -0.25) is 0 Å². The van der Waals surface area contributed by atoms with E-state index in [0.717, 1.165) is 16.4 Å². The Labute approximate surface area is 133 Å². The Kier molecular flexibility index (Phi) is 4.42. The summed E-state index contributed by atoms with van der Waals surface area (Å²) in [6.45, 7) is 2.65. The second-order valence-corrected chi connectivity index (χ2v) is 5.32. The van der Waals surface area contributed by atoms with E-state index in [1.807, 2.05) is 35.8 Å². The lowest BCUT2D eigenvalue weighted by Crippen LogP contribution is -2.21. The Hall–Kier alpha value is -2.22. The number of nitrogen functional groups attached to an aromatic ring is 1. The summed E-state index contributed by atoms with van der Waals surface area (Å²) >= 11 is 0. The molecule has 0 bridgehead atoms. The van der Waals surface area contributed by atoms with E-state index in [9.17, 15) is 10.2 Å². The molecule has 1 atom stereocenters. The molecular formula is C16H20N4O3. The summed E-state index contributed by atoms with van der Waals surface area (Å²) < 4.78 is 7.32. The average molecular weight is 316 g/mol. The zero-order valence-electron chi connectivity index (χ0n) is 12.9. The molecule has 0 amide bonds. The zero-order chi connectivity index (χ0) is 16.4. The molecule has 0 saturated carbocycles. The minimum Gasteiger partial charge on any atom is -0.394 e. The Balaban J connectivity index is 2.28. The largest absolute Gasteiger partial charge is 0.394 e. The van der Waals surface area contributed by atoms with E-state index in [1.54, 1.807) is 0 Å². The first-order valence-corrected chi connectivity index (χ1v) is 7.55. The molecule has 0 fully saturated rings. The predicted molar refractivity (Wildman–Crippen MR) is 87.9 cm³/mol. The Morgan fingerprint density at radius 1 is 1.30 bits per heavy atom. The Bertz CT molecular complexity index is 831. The van der Waals surface area contributed by atoms with E-state index in [1.165, 1.54) is 0 Å². The lowest BCUT2D eigenvalue weighted by atomic mass is 10.2. The third-order valence-corrected chi connectivity index (χ3v) is 3.73. The highest BCUT2D eigenvalue weighted by Crippen LogP contribution is 2.29. The van der Waals surface area contributed by atoms with Gasteiger partial charge < -0.3 is 25.3 Å². The minimum atomic E-state index is -0.888. The van der Waals surface area contributed by atoms with Gasteiger partial charge in [-0.05, 0) is 13.0 Å². The number of nitrogens with zero attached hydrogens (tertiary/aromatic N) is 3. The van der Waals surface area contributed by atoms with Crippen molar-refractivity contribution in [2.24, 2.45) is 0 Å². The Morgan fingerprint density at radius 3 is 2.83 bits per heavy atom. The fourth-order valence-corrected chi connectivity index (χ4v) is 2.67. The molecule has 0 spiro atoms. The van der Waals surface area contributed by atoms with Crippen LogP contribution in [0, 0.1) is 0 Å². The van der Waals surface area contributed by atoms with Gasteiger partial charge >= 0.3 is 0 Å². The summed E-state index contributed by atoms with van der Waals surface area (Å²) in [6.07, 6.45) is -0.888. The van der Waals surface area contributed by atoms with E-state index in [-0.39, 0.29) is 13.2 Å². The number of rotatable bonds is 6. The van der Waals surface area contributed by atoms with Crippen LogP contribution in [-0.2, 0) is 17.9 Å². The van der Waals surface area contributed by atoms with Crippen LogP contribution in [0.25, 0.3) is 21.9 Å². The highest BCUT2D eigenvalue weighted by molar-refractivity contribution is 6.06. The van der Waals surface area contributed by atoms with Crippen molar-refractivity contribution in [1.82, 2.24) is 14.5 Å². The van der Waals surface area contributed by atoms with Gasteiger partial charge in [0.15, 0.2) is 5.82 Å². The number of hydrogen-bond donors (Lipinski definition) is 3. The molecule has 0 aliphatic rings. The number of aliphatic hydroxyl groups is 2. The maximum absolute atomic E-state index is 9.89. The predicted octanol–water partition coefficient (Wildman–Crippen LogP) is 1.06. The third kappa shape index (κ3) is 2.86. The van der Waals surface area contributed by atoms with Gasteiger partial charge in [0.2, 0.25) is 0 Å². The number of ether oxygens (including phenoxy) is 1. The molecule has 122 valence electrons. The van der Waals surface area contributed by atoms with Crippen LogP contribution in [0.1, 0.15) is 12.7 Å². The molecule has 23 heavy (non-hydrogen) atoms. The van der Waals surface area contributed by atoms with Crippen LogP contribution in [0.4, 0.5) is 5.82 Å². The molecule has 7 heteroatoms. The first-order valence-electron chi connectivity index (χ1n) is 7.55. The highest BCUT2D eigenvalue weighted by Gasteiger charge is 2.19. The molecule has 0 aliphatic carbocycles. The van der Waals surface area contributed by atoms with Crippen LogP contribution in [-0.4, -0.2) is 44.1 Å². The number of aliphatic hydroxyl groups excluding tert-OH is 2. The van der Waals surface area contributed by atoms with E-state index in [2.05, 4.69) is 9.97 Å². The quantitative estimate of drug-likeness (QED) is 0.628. The van der Waals surface area contributed by atoms with Crippen molar-refractivity contribution >= 4 is 27.8 Å². The topological polar surface area (TPSA) is 106 Å². The van der Waals surface area contributed by atoms with Gasteiger partial charge in [0, 0.05) is 12.0 Å². The first-order chi connectivity index (χ1) is 11.2. The van der Waals surface area contributed by atoms with Gasteiger partial charge in [-0.1, -0.05) is 18.2 Å². The first kappa shape index (κ1) is 15.7. The number of benzene rings is 1. The van der Waals surface area contributed by atoms with Gasteiger partial charge in [-0.15, -0.1) is 0 Å². The SMILES string of the molecule is CCOCc1nc2c(N)nc3ccccc3c2n1CC(O)CO. The molecule has 0 saturated heterocycles. The van der Waals surface area contributed by atoms with Crippen molar-refractivity contribution in [3.05, 3.63) is 30.1 Å². The summed E-state index contributed by atoms with van der Waals surface area (Å²) in [6, 6.07) is 7.64. The molecular weight excluding hydrogens is 296 g/mol. The molecule has 4 N–H and O–H groups in total. The monoisotopic (exact) mass is 316 g/mol. The van der Waals surface area contributed by atoms with Crippen LogP contribution in [0.2, 0.25) is 0 Å². The number of anilines is 1. The van der Waals surface area contributed by atoms with Crippen molar-refractivity contribution in [1.29, 1.82) is 0 Å². The Morgan fingerprint density at radius 2 is 2.09 bits per heavy atom. The molecule has 2 heterocycles. The molecule has 2 aromatic heterocycles. The van der Waals surface area contributed by atoms with Crippen molar-refractivity contribution in [3.63, 3.8) is 0 Å². The molecule has 1 aromatic carbocycles. The lowest BCUT2D eigenvalue weighted by molar-refractivity contribution is 0.0774. The number of aromatic nitrogens is 3. The molecule has 3 rings (SSSR count). The van der Waals surface area contributed by atoms with Crippen molar-refractivity contribution in [3.8, 4) is 0 Å². The van der Waals surface area contributed by atoms with Gasteiger partial charge in [0.25, 0.3) is 0 Å². The van der Waals surface area contributed by atoms with E-state index < -0.39 is 6.10 Å². The van der Waals surface area contributed by atoms with Crippen molar-refractivity contribution < 1.29 is 14.9 Å². The number of hydrogen-bond acceptors (Lipinski definition) is 6. The smallest absolute Gasteiger partial charge is 0.152 e. The summed E-state index contributed by atoms with van der Waals surface area (Å²) in [5, 5.41) is 20.0. The molecule has 0 aliphatic heterocycles. The van der Waals surface area contributed by atoms with E-state index in [4.69, 9.17) is 10.5 Å². The van der Waals surface area contributed by atoms with Gasteiger partial charge in [-0.2, -0.15) is 0 Å². The second kappa shape index (κ2) is 6.49. The number of imidazole rings is 1. The maximum Gasteiger partial charge on any atom is 0.152 e. The van der Waals surface area contributed by atoms with Crippen molar-refractivity contribution in [2.75, 3.05) is 18.9 Å². The van der Waals surface area contributed by atoms with Crippen LogP contribution < -0.4 is 5.73 Å². The second-order valence-electron chi connectivity index (χ2n) is 5.32. The summed E-state index contributed by atoms with van der Waals surface area (Å²) in [5.74, 6) is 0.993. The van der Waals surface area contributed by atoms with Gasteiger partial charge in [0.1, 0.15) is 17.9 Å². The maximum atomic E-state index is 9.89. The van der Waals surface area contributed by atoms with Crippen LogP contribution in [0.15, 0.2) is 24.3 Å². The molecule has 7 nitrogen and oxygen atoms in total. The van der Waals surface area contributed by atoms with Crippen LogP contribution in [0.5, 0.6) is 0 Å². The third-order valence-electron chi connectivity index (χ3n) is 3.73. The van der Waals surface area contributed by atoms with Gasteiger partial charge in [-0.25, -0.2) is 9.97 Å². The van der Waals surface area contributed by atoms with E-state index >= 15 is 0 Å². The number of pyridine rings is 1. The average Bonchev–Trinajstić information content (AvgIpc) is 2.92. The zero-order valence-corrected chi connectivity index (χ0v) is 12.9. The summed E-state index contributed by atoms with van der Waals surface area (Å²) in [5.41, 5.74) is 8.21. The number of fused-ring (bicyclic) bond motifs is 3. The number of nitrogens with two attached hydrogens (primary N) is 1. The number of para-hydroxylation sites is 1.